The zero-order valence-electron chi connectivity index (χ0n) is 9.72. The molecule has 3 N–H and O–H groups in total. The molecule has 0 spiro atoms. The number of nitrogens with one attached hydrogen (secondary N) is 1. The van der Waals surface area contributed by atoms with E-state index in [-0.39, 0.29) is 20.8 Å². The number of rotatable bonds is 3. The average molecular weight is 332 g/mol. The quantitative estimate of drug-likeness (QED) is 0.903. The summed E-state index contributed by atoms with van der Waals surface area (Å²) >= 11 is 12.4. The van der Waals surface area contributed by atoms with Crippen LogP contribution in [0.2, 0.25) is 10.2 Å². The number of nitrogens with two attached hydrogens (primary N) is 1. The first kappa shape index (κ1) is 14.6. The lowest BCUT2D eigenvalue weighted by Gasteiger charge is -2.06. The fraction of sp³-hybridized carbons (Fsp3) is 0. The maximum Gasteiger partial charge on any atom is 0.409 e. The maximum atomic E-state index is 12.0. The van der Waals surface area contributed by atoms with Gasteiger partial charge in [0, 0.05) is 11.8 Å². The molecule has 6 nitrogen and oxygen atoms in total. The van der Waals surface area contributed by atoms with Gasteiger partial charge in [0.2, 0.25) is 0 Å². The van der Waals surface area contributed by atoms with Gasteiger partial charge in [0.1, 0.15) is 15.6 Å². The summed E-state index contributed by atoms with van der Waals surface area (Å²) in [6.07, 6.45) is -0.939. The lowest BCUT2D eigenvalue weighted by atomic mass is 10.3. The van der Waals surface area contributed by atoms with E-state index in [4.69, 9.17) is 33.7 Å². The van der Waals surface area contributed by atoms with Gasteiger partial charge in [-0.2, -0.15) is 4.37 Å². The van der Waals surface area contributed by atoms with E-state index in [9.17, 15) is 9.59 Å². The van der Waals surface area contributed by atoms with Gasteiger partial charge in [0.05, 0.1) is 0 Å². The van der Waals surface area contributed by atoms with Crippen molar-refractivity contribution in [3.05, 3.63) is 39.3 Å². The molecule has 2 aromatic rings. The highest BCUT2D eigenvalue weighted by Crippen LogP contribution is 2.29. The highest BCUT2D eigenvalue weighted by Gasteiger charge is 2.17. The molecule has 0 atom stereocenters. The Bertz CT molecular complexity index is 675. The summed E-state index contributed by atoms with van der Waals surface area (Å²) in [5.74, 6) is -0.251. The SMILES string of the molecule is NC(=O)Oc1cccc(NC(=O)c2snc(Cl)c2Cl)c1. The van der Waals surface area contributed by atoms with Crippen molar-refractivity contribution < 1.29 is 14.3 Å². The van der Waals surface area contributed by atoms with Gasteiger partial charge in [-0.3, -0.25) is 4.79 Å². The minimum absolute atomic E-state index is 0.0765. The second-order valence-corrected chi connectivity index (χ2v) is 5.03. The monoisotopic (exact) mass is 331 g/mol. The molecule has 0 fully saturated rings. The molecule has 0 unspecified atom stereocenters. The molecule has 1 heterocycles. The lowest BCUT2D eigenvalue weighted by molar-refractivity contribution is 0.103. The second-order valence-electron chi connectivity index (χ2n) is 3.52. The number of benzene rings is 1. The van der Waals surface area contributed by atoms with Gasteiger partial charge in [0.15, 0.2) is 5.15 Å². The number of hydrogen-bond donors (Lipinski definition) is 2. The minimum atomic E-state index is -0.939. The average Bonchev–Trinajstić information content (AvgIpc) is 2.69. The van der Waals surface area contributed by atoms with E-state index in [1.54, 1.807) is 12.1 Å². The van der Waals surface area contributed by atoms with Gasteiger partial charge >= 0.3 is 6.09 Å². The van der Waals surface area contributed by atoms with Gasteiger partial charge in [-0.15, -0.1) is 0 Å². The molecule has 0 bridgehead atoms. The third-order valence-electron chi connectivity index (χ3n) is 2.11. The smallest absolute Gasteiger partial charge is 0.409 e. The van der Waals surface area contributed by atoms with Crippen molar-refractivity contribution in [3.63, 3.8) is 0 Å². The highest BCUT2D eigenvalue weighted by atomic mass is 35.5. The molecule has 0 radical (unpaired) electrons. The van der Waals surface area contributed by atoms with Gasteiger partial charge in [-0.1, -0.05) is 29.3 Å². The molecule has 1 aromatic heterocycles. The first-order chi connectivity index (χ1) is 9.47. The number of hydrogen-bond acceptors (Lipinski definition) is 5. The number of ether oxygens (including phenoxy) is 1. The van der Waals surface area contributed by atoms with E-state index in [1.165, 1.54) is 12.1 Å². The number of primary amides is 1. The number of aromatic nitrogens is 1. The standard InChI is InChI=1S/C11H7Cl2N3O3S/c12-7-8(20-16-9(7)13)10(17)15-5-2-1-3-6(4-5)19-11(14)18/h1-4H,(H2,14,18)(H,15,17). The molecule has 104 valence electrons. The van der Waals surface area contributed by atoms with Crippen LogP contribution in [-0.2, 0) is 0 Å². The van der Waals surface area contributed by atoms with E-state index in [0.29, 0.717) is 5.69 Å². The summed E-state index contributed by atoms with van der Waals surface area (Å²) in [6, 6.07) is 6.17. The summed E-state index contributed by atoms with van der Waals surface area (Å²) in [7, 11) is 0. The molecule has 0 aliphatic rings. The highest BCUT2D eigenvalue weighted by molar-refractivity contribution is 7.09. The van der Waals surface area contributed by atoms with Crippen LogP contribution in [0.25, 0.3) is 0 Å². The zero-order valence-corrected chi connectivity index (χ0v) is 12.1. The van der Waals surface area contributed by atoms with Crippen molar-refractivity contribution in [2.24, 2.45) is 5.73 Å². The molecule has 0 aliphatic heterocycles. The van der Waals surface area contributed by atoms with Crippen molar-refractivity contribution in [1.82, 2.24) is 4.37 Å². The summed E-state index contributed by atoms with van der Waals surface area (Å²) < 4.78 is 8.46. The van der Waals surface area contributed by atoms with Crippen LogP contribution in [0.5, 0.6) is 5.75 Å². The van der Waals surface area contributed by atoms with Crippen LogP contribution in [-0.4, -0.2) is 16.4 Å². The summed E-state index contributed by atoms with van der Waals surface area (Å²) in [5, 5.41) is 2.75. The Morgan fingerprint density at radius 2 is 2.10 bits per heavy atom. The molecule has 2 amide bonds. The van der Waals surface area contributed by atoms with Crippen LogP contribution >= 0.6 is 34.7 Å². The van der Waals surface area contributed by atoms with Crippen molar-refractivity contribution in [2.75, 3.05) is 5.32 Å². The maximum absolute atomic E-state index is 12.0. The Morgan fingerprint density at radius 1 is 1.35 bits per heavy atom. The number of carbonyl (C=O) groups is 2. The molecular weight excluding hydrogens is 325 g/mol. The molecule has 2 rings (SSSR count). The number of carbonyl (C=O) groups excluding carboxylic acids is 2. The van der Waals surface area contributed by atoms with E-state index in [2.05, 4.69) is 9.69 Å². The van der Waals surface area contributed by atoms with E-state index in [0.717, 1.165) is 11.5 Å². The van der Waals surface area contributed by atoms with Crippen LogP contribution in [0.3, 0.4) is 0 Å². The van der Waals surface area contributed by atoms with Crippen molar-refractivity contribution >= 4 is 52.4 Å². The first-order valence-corrected chi connectivity index (χ1v) is 6.69. The third-order valence-corrected chi connectivity index (χ3v) is 3.91. The van der Waals surface area contributed by atoms with Crippen LogP contribution in [0.15, 0.2) is 24.3 Å². The Hall–Kier alpha value is -1.83. The van der Waals surface area contributed by atoms with Gasteiger partial charge in [-0.25, -0.2) is 4.79 Å². The van der Waals surface area contributed by atoms with Gasteiger partial charge in [-0.05, 0) is 23.7 Å². The Kier molecular flexibility index (Phi) is 4.43. The number of anilines is 1. The van der Waals surface area contributed by atoms with Crippen LogP contribution in [0.4, 0.5) is 10.5 Å². The van der Waals surface area contributed by atoms with Crippen molar-refractivity contribution in [1.29, 1.82) is 0 Å². The molecule has 20 heavy (non-hydrogen) atoms. The number of halogens is 2. The molecule has 9 heteroatoms. The van der Waals surface area contributed by atoms with Gasteiger partial charge in [0.25, 0.3) is 5.91 Å². The van der Waals surface area contributed by atoms with E-state index < -0.39 is 12.0 Å². The third kappa shape index (κ3) is 3.38. The fourth-order valence-corrected chi connectivity index (χ4v) is 2.45. The normalized spacial score (nSPS) is 10.1. The predicted molar refractivity (Wildman–Crippen MR) is 76.7 cm³/mol. The van der Waals surface area contributed by atoms with Gasteiger partial charge < -0.3 is 15.8 Å². The van der Waals surface area contributed by atoms with Crippen LogP contribution in [0.1, 0.15) is 9.67 Å². The van der Waals surface area contributed by atoms with Crippen LogP contribution < -0.4 is 15.8 Å². The molecule has 0 aliphatic carbocycles. The number of nitrogens with zero attached hydrogens (tertiary/aromatic N) is 1. The Morgan fingerprint density at radius 3 is 2.70 bits per heavy atom. The molecule has 0 saturated heterocycles. The Labute approximate surface area is 127 Å². The summed E-state index contributed by atoms with van der Waals surface area (Å²) in [6.45, 7) is 0. The first-order valence-electron chi connectivity index (χ1n) is 5.16. The largest absolute Gasteiger partial charge is 0.410 e. The molecular formula is C11H7Cl2N3O3S. The summed E-state index contributed by atoms with van der Waals surface area (Å²) in [5.41, 5.74) is 5.31. The molecule has 1 aromatic carbocycles. The topological polar surface area (TPSA) is 94.3 Å². The van der Waals surface area contributed by atoms with Crippen LogP contribution in [0, 0.1) is 0 Å². The molecule has 0 saturated carbocycles. The predicted octanol–water partition coefficient (Wildman–Crippen LogP) is 3.16. The van der Waals surface area contributed by atoms with E-state index >= 15 is 0 Å². The fourth-order valence-electron chi connectivity index (χ4n) is 1.34. The zero-order chi connectivity index (χ0) is 14.7. The van der Waals surface area contributed by atoms with Crippen molar-refractivity contribution in [3.8, 4) is 5.75 Å². The minimum Gasteiger partial charge on any atom is -0.410 e. The lowest BCUT2D eigenvalue weighted by Crippen LogP contribution is -2.16. The second kappa shape index (κ2) is 6.08. The van der Waals surface area contributed by atoms with E-state index in [1.807, 2.05) is 0 Å². The summed E-state index contributed by atoms with van der Waals surface area (Å²) in [4.78, 5) is 22.8. The van der Waals surface area contributed by atoms with Crippen molar-refractivity contribution in [2.45, 2.75) is 0 Å². The Balaban J connectivity index is 2.15. The number of amides is 2.